The van der Waals surface area contributed by atoms with Gasteiger partial charge in [0, 0.05) is 32.6 Å². The Kier molecular flexibility index (Phi) is 5.27. The Morgan fingerprint density at radius 2 is 2.08 bits per heavy atom. The zero-order valence-corrected chi connectivity index (χ0v) is 15.4. The van der Waals surface area contributed by atoms with Gasteiger partial charge < -0.3 is 9.64 Å². The topological polar surface area (TPSA) is 103 Å². The van der Waals surface area contributed by atoms with Gasteiger partial charge in [0.15, 0.2) is 0 Å². The standard InChI is InChI=1S/C18H23N3O4S/c1-25-15-7-11-21(12-8-15)17(22)16-6-2-3-9-18(16,26(19,23)24)14-5-4-10-20-13-14/h2-6,9-10,13,15-16H,7-8,11-12H2,1H3,(H2,19,23,24). The SMILES string of the molecule is COC1CCN(C(=O)C2C=CC=CC2(c2cccnc2)S(N)(=O)=O)CC1. The lowest BCUT2D eigenvalue weighted by Gasteiger charge is -2.40. The van der Waals surface area contributed by atoms with Crippen LogP contribution >= 0.6 is 0 Å². The summed E-state index contributed by atoms with van der Waals surface area (Å²) in [5.41, 5.74) is 0.383. The number of ether oxygens (including phenoxy) is 1. The van der Waals surface area contributed by atoms with Gasteiger partial charge in [-0.1, -0.05) is 30.4 Å². The minimum absolute atomic E-state index is 0.127. The molecule has 0 bridgehead atoms. The Morgan fingerprint density at radius 1 is 1.35 bits per heavy atom. The molecule has 1 fully saturated rings. The number of carbonyl (C=O) groups is 1. The van der Waals surface area contributed by atoms with E-state index in [1.165, 1.54) is 12.3 Å². The minimum Gasteiger partial charge on any atom is -0.381 e. The fourth-order valence-corrected chi connectivity index (χ4v) is 4.95. The first-order valence-corrected chi connectivity index (χ1v) is 10.0. The molecule has 1 aromatic heterocycles. The number of carbonyl (C=O) groups excluding carboxylic acids is 1. The zero-order chi connectivity index (χ0) is 18.8. The molecule has 8 heteroatoms. The molecule has 0 aromatic carbocycles. The van der Waals surface area contributed by atoms with Crippen molar-refractivity contribution in [1.29, 1.82) is 0 Å². The van der Waals surface area contributed by atoms with Crippen molar-refractivity contribution < 1.29 is 17.9 Å². The van der Waals surface area contributed by atoms with E-state index < -0.39 is 20.7 Å². The van der Waals surface area contributed by atoms with Crippen molar-refractivity contribution in [3.8, 4) is 0 Å². The molecule has 140 valence electrons. The number of nitrogens with two attached hydrogens (primary N) is 1. The van der Waals surface area contributed by atoms with E-state index in [0.717, 1.165) is 12.8 Å². The quantitative estimate of drug-likeness (QED) is 0.841. The van der Waals surface area contributed by atoms with Crippen LogP contribution in [0, 0.1) is 5.92 Å². The average Bonchev–Trinajstić information content (AvgIpc) is 2.67. The van der Waals surface area contributed by atoms with Crippen molar-refractivity contribution in [3.05, 3.63) is 54.4 Å². The van der Waals surface area contributed by atoms with Crippen LogP contribution in [0.15, 0.2) is 48.8 Å². The Morgan fingerprint density at radius 3 is 2.65 bits per heavy atom. The highest BCUT2D eigenvalue weighted by atomic mass is 32.2. The van der Waals surface area contributed by atoms with E-state index in [0.29, 0.717) is 18.7 Å². The Labute approximate surface area is 153 Å². The number of amides is 1. The Balaban J connectivity index is 2.00. The number of sulfonamides is 1. The fraction of sp³-hybridized carbons (Fsp3) is 0.444. The summed E-state index contributed by atoms with van der Waals surface area (Å²) in [6, 6.07) is 3.28. The maximum Gasteiger partial charge on any atom is 0.231 e. The number of aromatic nitrogens is 1. The minimum atomic E-state index is -4.14. The fourth-order valence-electron chi connectivity index (χ4n) is 3.70. The smallest absolute Gasteiger partial charge is 0.231 e. The highest BCUT2D eigenvalue weighted by Crippen LogP contribution is 2.42. The van der Waals surface area contributed by atoms with Crippen LogP contribution in [0.3, 0.4) is 0 Å². The predicted molar refractivity (Wildman–Crippen MR) is 97.4 cm³/mol. The normalized spacial score (nSPS) is 26.8. The molecule has 1 saturated heterocycles. The number of nitrogens with zero attached hydrogens (tertiary/aromatic N) is 2. The summed E-state index contributed by atoms with van der Waals surface area (Å²) in [5.74, 6) is -1.19. The largest absolute Gasteiger partial charge is 0.381 e. The third kappa shape index (κ3) is 3.20. The lowest BCUT2D eigenvalue weighted by Crippen LogP contribution is -2.53. The van der Waals surface area contributed by atoms with Crippen molar-refractivity contribution in [2.24, 2.45) is 11.1 Å². The third-order valence-corrected chi connectivity index (χ3v) is 6.72. The molecule has 2 aliphatic rings. The van der Waals surface area contributed by atoms with Gasteiger partial charge >= 0.3 is 0 Å². The number of rotatable bonds is 4. The predicted octanol–water partition coefficient (Wildman–Crippen LogP) is 0.945. The first-order chi connectivity index (χ1) is 12.4. The molecule has 0 saturated carbocycles. The molecule has 1 amide bonds. The molecular weight excluding hydrogens is 354 g/mol. The summed E-state index contributed by atoms with van der Waals surface area (Å²) in [5, 5.41) is 5.65. The monoisotopic (exact) mass is 377 g/mol. The zero-order valence-electron chi connectivity index (χ0n) is 14.6. The van der Waals surface area contributed by atoms with Gasteiger partial charge in [-0.2, -0.15) is 0 Å². The summed E-state index contributed by atoms with van der Waals surface area (Å²) >= 11 is 0. The lowest BCUT2D eigenvalue weighted by atomic mass is 9.81. The molecule has 0 spiro atoms. The van der Waals surface area contributed by atoms with Gasteiger partial charge in [0.25, 0.3) is 0 Å². The number of likely N-dealkylation sites (tertiary alicyclic amines) is 1. The van der Waals surface area contributed by atoms with Crippen LogP contribution in [-0.4, -0.2) is 50.5 Å². The van der Waals surface area contributed by atoms with E-state index in [9.17, 15) is 13.2 Å². The summed E-state index contributed by atoms with van der Waals surface area (Å²) in [6.45, 7) is 1.05. The molecule has 3 rings (SSSR count). The first kappa shape index (κ1) is 18.8. The second kappa shape index (κ2) is 7.30. The average molecular weight is 377 g/mol. The lowest BCUT2D eigenvalue weighted by molar-refractivity contribution is -0.137. The molecule has 0 radical (unpaired) electrons. The molecule has 7 nitrogen and oxygen atoms in total. The van der Waals surface area contributed by atoms with Gasteiger partial charge in [-0.3, -0.25) is 9.78 Å². The molecule has 2 atom stereocenters. The van der Waals surface area contributed by atoms with Crippen molar-refractivity contribution in [2.45, 2.75) is 23.7 Å². The van der Waals surface area contributed by atoms with Crippen LogP contribution in [-0.2, 0) is 24.3 Å². The molecule has 2 unspecified atom stereocenters. The van der Waals surface area contributed by atoms with Crippen LogP contribution in [0.2, 0.25) is 0 Å². The van der Waals surface area contributed by atoms with Crippen molar-refractivity contribution in [3.63, 3.8) is 0 Å². The highest BCUT2D eigenvalue weighted by Gasteiger charge is 2.52. The maximum atomic E-state index is 13.2. The van der Waals surface area contributed by atoms with Gasteiger partial charge in [-0.15, -0.1) is 0 Å². The summed E-state index contributed by atoms with van der Waals surface area (Å²) in [7, 11) is -2.48. The summed E-state index contributed by atoms with van der Waals surface area (Å²) < 4.78 is 29.0. The highest BCUT2D eigenvalue weighted by molar-refractivity contribution is 7.90. The van der Waals surface area contributed by atoms with E-state index in [4.69, 9.17) is 9.88 Å². The van der Waals surface area contributed by atoms with E-state index in [1.54, 1.807) is 48.6 Å². The van der Waals surface area contributed by atoms with Gasteiger partial charge in [-0.05, 0) is 24.5 Å². The van der Waals surface area contributed by atoms with Gasteiger partial charge in [0.1, 0.15) is 4.75 Å². The molecule has 2 heterocycles. The van der Waals surface area contributed by atoms with Crippen molar-refractivity contribution >= 4 is 15.9 Å². The van der Waals surface area contributed by atoms with Gasteiger partial charge in [0.2, 0.25) is 15.9 Å². The second-order valence-corrected chi connectivity index (χ2v) is 8.33. The first-order valence-electron chi connectivity index (χ1n) is 8.50. The van der Waals surface area contributed by atoms with Crippen molar-refractivity contribution in [1.82, 2.24) is 9.88 Å². The number of hydrogen-bond donors (Lipinski definition) is 1. The number of piperidine rings is 1. The van der Waals surface area contributed by atoms with E-state index in [2.05, 4.69) is 4.98 Å². The number of methoxy groups -OCH3 is 1. The van der Waals surface area contributed by atoms with Crippen LogP contribution < -0.4 is 5.14 Å². The Bertz CT molecular complexity index is 814. The molecule has 1 aliphatic carbocycles. The summed E-state index contributed by atoms with van der Waals surface area (Å²) in [6.07, 6.45) is 11.0. The van der Waals surface area contributed by atoms with Gasteiger partial charge in [-0.25, -0.2) is 13.6 Å². The molecular formula is C18H23N3O4S. The maximum absolute atomic E-state index is 13.2. The van der Waals surface area contributed by atoms with Crippen molar-refractivity contribution in [2.75, 3.05) is 20.2 Å². The van der Waals surface area contributed by atoms with Crippen LogP contribution in [0.1, 0.15) is 18.4 Å². The Hall–Kier alpha value is -2.03. The van der Waals surface area contributed by atoms with Crippen LogP contribution in [0.5, 0.6) is 0 Å². The number of primary sulfonamides is 1. The number of pyridine rings is 1. The van der Waals surface area contributed by atoms with Crippen LogP contribution in [0.4, 0.5) is 0 Å². The summed E-state index contributed by atoms with van der Waals surface area (Å²) in [4.78, 5) is 19.0. The number of allylic oxidation sites excluding steroid dienone is 2. The van der Waals surface area contributed by atoms with Crippen LogP contribution in [0.25, 0.3) is 0 Å². The third-order valence-electron chi connectivity index (χ3n) is 5.16. The van der Waals surface area contributed by atoms with E-state index >= 15 is 0 Å². The molecule has 1 aliphatic heterocycles. The molecule has 2 N–H and O–H groups in total. The van der Waals surface area contributed by atoms with E-state index in [1.807, 2.05) is 0 Å². The van der Waals surface area contributed by atoms with E-state index in [-0.39, 0.29) is 12.0 Å². The second-order valence-electron chi connectivity index (χ2n) is 6.56. The molecule has 1 aromatic rings. The molecule has 26 heavy (non-hydrogen) atoms. The van der Waals surface area contributed by atoms with Gasteiger partial charge in [0.05, 0.1) is 12.0 Å². The number of hydrogen-bond acceptors (Lipinski definition) is 5.